The number of anilines is 1. The molecule has 0 radical (unpaired) electrons. The first kappa shape index (κ1) is 14.1. The van der Waals surface area contributed by atoms with E-state index >= 15 is 0 Å². The van der Waals surface area contributed by atoms with Gasteiger partial charge in [0.2, 0.25) is 0 Å². The van der Waals surface area contributed by atoms with Crippen LogP contribution in [0.3, 0.4) is 0 Å². The maximum absolute atomic E-state index is 11.5. The van der Waals surface area contributed by atoms with Crippen molar-refractivity contribution < 1.29 is 9.53 Å². The van der Waals surface area contributed by atoms with Gasteiger partial charge in [-0.15, -0.1) is 0 Å². The molecule has 0 aliphatic heterocycles. The summed E-state index contributed by atoms with van der Waals surface area (Å²) in [5.74, 6) is 0.383. The molecular formula is C14H20N2O2. The van der Waals surface area contributed by atoms with Crippen LogP contribution in [0.25, 0.3) is 0 Å². The summed E-state index contributed by atoms with van der Waals surface area (Å²) < 4.78 is 5.11. The van der Waals surface area contributed by atoms with E-state index in [1.165, 1.54) is 5.56 Å². The number of hydrogen-bond donors (Lipinski definition) is 2. The topological polar surface area (TPSA) is 50.4 Å². The Balaban J connectivity index is 2.47. The number of nitrogens with one attached hydrogen (secondary N) is 2. The Hall–Kier alpha value is -1.97. The smallest absolute Gasteiger partial charge is 0.413 e. The molecule has 1 aromatic carbocycles. The first-order chi connectivity index (χ1) is 8.26. The van der Waals surface area contributed by atoms with Gasteiger partial charge < -0.3 is 10.1 Å². The highest BCUT2D eigenvalue weighted by Crippen LogP contribution is 2.11. The van der Waals surface area contributed by atoms with Crippen LogP contribution in [-0.4, -0.2) is 11.7 Å². The van der Waals surface area contributed by atoms with E-state index < -0.39 is 11.7 Å². The fourth-order valence-corrected chi connectivity index (χ4v) is 1.27. The number of aryl methyl sites for hydroxylation is 1. The summed E-state index contributed by atoms with van der Waals surface area (Å²) in [5, 5.41) is 5.51. The molecule has 1 amide bonds. The summed E-state index contributed by atoms with van der Waals surface area (Å²) in [4.78, 5) is 11.5. The lowest BCUT2D eigenvalue weighted by Crippen LogP contribution is -2.33. The van der Waals surface area contributed by atoms with Crippen molar-refractivity contribution in [1.29, 1.82) is 0 Å². The molecule has 1 rings (SSSR count). The summed E-state index contributed by atoms with van der Waals surface area (Å²) in [6.07, 6.45) is -0.521. The molecule has 0 saturated carbocycles. The van der Waals surface area contributed by atoms with Crippen LogP contribution in [0.5, 0.6) is 0 Å². The number of carbonyl (C=O) groups is 1. The van der Waals surface area contributed by atoms with Crippen molar-refractivity contribution in [2.45, 2.75) is 33.3 Å². The van der Waals surface area contributed by atoms with Gasteiger partial charge in [-0.1, -0.05) is 24.3 Å². The second-order valence-electron chi connectivity index (χ2n) is 5.10. The Morgan fingerprint density at radius 2 is 1.78 bits per heavy atom. The van der Waals surface area contributed by atoms with Gasteiger partial charge in [-0.3, -0.25) is 5.32 Å². The summed E-state index contributed by atoms with van der Waals surface area (Å²) in [7, 11) is 0. The Labute approximate surface area is 108 Å². The van der Waals surface area contributed by atoms with E-state index in [1.54, 1.807) is 0 Å². The van der Waals surface area contributed by atoms with Crippen LogP contribution in [0.1, 0.15) is 26.3 Å². The second-order valence-corrected chi connectivity index (χ2v) is 5.10. The van der Waals surface area contributed by atoms with Crippen molar-refractivity contribution in [2.24, 2.45) is 0 Å². The zero-order valence-electron chi connectivity index (χ0n) is 11.3. The highest BCUT2D eigenvalue weighted by atomic mass is 16.6. The van der Waals surface area contributed by atoms with Crippen LogP contribution in [0.15, 0.2) is 36.7 Å². The van der Waals surface area contributed by atoms with E-state index in [9.17, 15) is 4.79 Å². The van der Waals surface area contributed by atoms with Crippen LogP contribution in [-0.2, 0) is 4.74 Å². The van der Waals surface area contributed by atoms with Crippen molar-refractivity contribution in [2.75, 3.05) is 5.32 Å². The summed E-state index contributed by atoms with van der Waals surface area (Å²) in [6, 6.07) is 7.78. The number of amides is 1. The van der Waals surface area contributed by atoms with E-state index in [0.29, 0.717) is 5.82 Å². The summed E-state index contributed by atoms with van der Waals surface area (Å²) >= 11 is 0. The van der Waals surface area contributed by atoms with Crippen molar-refractivity contribution in [3.63, 3.8) is 0 Å². The molecule has 1 aromatic rings. The number of benzene rings is 1. The third kappa shape index (κ3) is 5.39. The number of alkyl carbamates (subject to hydrolysis) is 1. The predicted molar refractivity (Wildman–Crippen MR) is 73.3 cm³/mol. The average molecular weight is 248 g/mol. The number of ether oxygens (including phenoxy) is 1. The molecule has 18 heavy (non-hydrogen) atoms. The van der Waals surface area contributed by atoms with E-state index in [-0.39, 0.29) is 0 Å². The largest absolute Gasteiger partial charge is 0.444 e. The highest BCUT2D eigenvalue weighted by Gasteiger charge is 2.16. The first-order valence-corrected chi connectivity index (χ1v) is 5.79. The van der Waals surface area contributed by atoms with Gasteiger partial charge in [0, 0.05) is 5.69 Å². The van der Waals surface area contributed by atoms with Gasteiger partial charge in [-0.05, 0) is 39.8 Å². The van der Waals surface area contributed by atoms with Crippen molar-refractivity contribution in [1.82, 2.24) is 5.32 Å². The van der Waals surface area contributed by atoms with Gasteiger partial charge in [0.15, 0.2) is 0 Å². The van der Waals surface area contributed by atoms with Gasteiger partial charge in [-0.25, -0.2) is 4.79 Å². The standard InChI is InChI=1S/C14H20N2O2/c1-10-6-8-12(9-7-10)15-11(2)16-13(17)18-14(3,4)5/h6-9,15H,2H2,1,3-5H3,(H,16,17). The predicted octanol–water partition coefficient (Wildman–Crippen LogP) is 3.40. The molecule has 4 heteroatoms. The molecule has 2 N–H and O–H groups in total. The van der Waals surface area contributed by atoms with Crippen LogP contribution >= 0.6 is 0 Å². The zero-order chi connectivity index (χ0) is 13.8. The van der Waals surface area contributed by atoms with Gasteiger partial charge in [-0.2, -0.15) is 0 Å². The molecule has 0 fully saturated rings. The normalized spacial score (nSPS) is 10.7. The Kier molecular flexibility index (Phi) is 4.37. The molecule has 0 spiro atoms. The Bertz CT molecular complexity index is 430. The molecule has 0 saturated heterocycles. The van der Waals surface area contributed by atoms with Gasteiger partial charge in [0.1, 0.15) is 11.4 Å². The lowest BCUT2D eigenvalue weighted by atomic mass is 10.2. The minimum atomic E-state index is -0.521. The van der Waals surface area contributed by atoms with Gasteiger partial charge in [0.25, 0.3) is 0 Å². The van der Waals surface area contributed by atoms with E-state index in [4.69, 9.17) is 4.74 Å². The molecule has 0 atom stereocenters. The zero-order valence-corrected chi connectivity index (χ0v) is 11.3. The highest BCUT2D eigenvalue weighted by molar-refractivity contribution is 5.71. The van der Waals surface area contributed by atoms with Crippen molar-refractivity contribution >= 4 is 11.8 Å². The minimum absolute atomic E-state index is 0.383. The van der Waals surface area contributed by atoms with Crippen molar-refractivity contribution in [3.8, 4) is 0 Å². The first-order valence-electron chi connectivity index (χ1n) is 5.79. The lowest BCUT2D eigenvalue weighted by molar-refractivity contribution is 0.0547. The molecule has 0 aliphatic rings. The van der Waals surface area contributed by atoms with E-state index in [1.807, 2.05) is 52.0 Å². The maximum atomic E-state index is 11.5. The molecular weight excluding hydrogens is 228 g/mol. The van der Waals surface area contributed by atoms with Crippen LogP contribution in [0.4, 0.5) is 10.5 Å². The molecule has 0 heterocycles. The Morgan fingerprint density at radius 1 is 1.22 bits per heavy atom. The van der Waals surface area contributed by atoms with Crippen LogP contribution < -0.4 is 10.6 Å². The summed E-state index contributed by atoms with van der Waals surface area (Å²) in [6.45, 7) is 11.2. The average Bonchev–Trinajstić information content (AvgIpc) is 2.18. The fourth-order valence-electron chi connectivity index (χ4n) is 1.27. The van der Waals surface area contributed by atoms with E-state index in [2.05, 4.69) is 17.2 Å². The fraction of sp³-hybridized carbons (Fsp3) is 0.357. The quantitative estimate of drug-likeness (QED) is 0.862. The SMILES string of the molecule is C=C(NC(=O)OC(C)(C)C)Nc1ccc(C)cc1. The molecule has 0 aromatic heterocycles. The van der Waals surface area contributed by atoms with Crippen molar-refractivity contribution in [3.05, 3.63) is 42.2 Å². The molecule has 4 nitrogen and oxygen atoms in total. The minimum Gasteiger partial charge on any atom is -0.444 e. The lowest BCUT2D eigenvalue weighted by Gasteiger charge is -2.20. The monoisotopic (exact) mass is 248 g/mol. The molecule has 0 bridgehead atoms. The van der Waals surface area contributed by atoms with E-state index in [0.717, 1.165) is 5.69 Å². The third-order valence-electron chi connectivity index (χ3n) is 2.00. The Morgan fingerprint density at radius 3 is 2.28 bits per heavy atom. The van der Waals surface area contributed by atoms with Gasteiger partial charge in [0.05, 0.1) is 0 Å². The van der Waals surface area contributed by atoms with Gasteiger partial charge >= 0.3 is 6.09 Å². The third-order valence-corrected chi connectivity index (χ3v) is 2.00. The molecule has 0 aliphatic carbocycles. The molecule has 0 unspecified atom stereocenters. The second kappa shape index (κ2) is 5.58. The van der Waals surface area contributed by atoms with Crippen LogP contribution in [0.2, 0.25) is 0 Å². The molecule has 98 valence electrons. The number of hydrogen-bond acceptors (Lipinski definition) is 3. The maximum Gasteiger partial charge on any atom is 0.413 e. The number of carbonyl (C=O) groups excluding carboxylic acids is 1. The number of rotatable bonds is 3. The van der Waals surface area contributed by atoms with Crippen LogP contribution in [0, 0.1) is 6.92 Å². The summed E-state index contributed by atoms with van der Waals surface area (Å²) in [5.41, 5.74) is 1.52.